The Kier molecular flexibility index (Phi) is 2.13. The van der Waals surface area contributed by atoms with E-state index in [0.29, 0.717) is 0 Å². The van der Waals surface area contributed by atoms with Crippen LogP contribution in [0.2, 0.25) is 0 Å². The Morgan fingerprint density at radius 2 is 2.15 bits per heavy atom. The van der Waals surface area contributed by atoms with Crippen molar-refractivity contribution in [2.24, 2.45) is 0 Å². The molecular weight excluding hydrogens is 162 g/mol. The lowest BCUT2D eigenvalue weighted by atomic mass is 10.1. The highest BCUT2D eigenvalue weighted by Gasteiger charge is 2.10. The summed E-state index contributed by atoms with van der Waals surface area (Å²) in [6.45, 7) is 0.869. The topological polar surface area (TPSA) is 12.5 Å². The van der Waals surface area contributed by atoms with Crippen molar-refractivity contribution in [2.45, 2.75) is 12.8 Å². The van der Waals surface area contributed by atoms with Crippen molar-refractivity contribution in [3.63, 3.8) is 0 Å². The van der Waals surface area contributed by atoms with Crippen molar-refractivity contribution in [2.75, 3.05) is 25.6 Å². The van der Waals surface area contributed by atoms with E-state index in [1.807, 2.05) is 0 Å². The first-order valence-corrected chi connectivity index (χ1v) is 4.70. The summed E-state index contributed by atoms with van der Waals surface area (Å²) >= 11 is 0. The number of anilines is 1. The summed E-state index contributed by atoms with van der Waals surface area (Å²) in [5.74, 6) is 1.07. The Hall–Kier alpha value is -1.18. The molecule has 0 N–H and O–H groups in total. The van der Waals surface area contributed by atoms with E-state index in [-0.39, 0.29) is 0 Å². The van der Waals surface area contributed by atoms with Crippen LogP contribution in [0.3, 0.4) is 0 Å². The number of hydrogen-bond acceptors (Lipinski definition) is 2. The van der Waals surface area contributed by atoms with Crippen LogP contribution in [0.15, 0.2) is 18.2 Å². The molecule has 0 aliphatic carbocycles. The lowest BCUT2D eigenvalue weighted by Crippen LogP contribution is -2.12. The van der Waals surface area contributed by atoms with Crippen LogP contribution in [0.1, 0.15) is 12.0 Å². The van der Waals surface area contributed by atoms with Crippen LogP contribution in [-0.4, -0.2) is 20.7 Å². The zero-order valence-corrected chi connectivity index (χ0v) is 8.21. The number of rotatable bonds is 1. The van der Waals surface area contributed by atoms with Gasteiger partial charge in [-0.2, -0.15) is 0 Å². The van der Waals surface area contributed by atoms with E-state index in [1.54, 1.807) is 0 Å². The molecule has 1 heterocycles. The third kappa shape index (κ3) is 1.62. The van der Waals surface area contributed by atoms with Gasteiger partial charge in [0.2, 0.25) is 0 Å². The van der Waals surface area contributed by atoms with Gasteiger partial charge in [0.15, 0.2) is 0 Å². The summed E-state index contributed by atoms with van der Waals surface area (Å²) in [6, 6.07) is 6.39. The van der Waals surface area contributed by atoms with E-state index >= 15 is 0 Å². The van der Waals surface area contributed by atoms with Crippen LogP contribution in [0.4, 0.5) is 5.69 Å². The van der Waals surface area contributed by atoms with E-state index in [1.165, 1.54) is 11.3 Å². The van der Waals surface area contributed by atoms with Gasteiger partial charge in [-0.1, -0.05) is 0 Å². The molecule has 70 valence electrons. The fourth-order valence-corrected chi connectivity index (χ4v) is 1.62. The van der Waals surface area contributed by atoms with E-state index < -0.39 is 0 Å². The van der Waals surface area contributed by atoms with Crippen molar-refractivity contribution in [3.05, 3.63) is 23.8 Å². The molecule has 0 atom stereocenters. The first-order chi connectivity index (χ1) is 6.27. The van der Waals surface area contributed by atoms with Gasteiger partial charge in [-0.3, -0.25) is 0 Å². The smallest absolute Gasteiger partial charge is 0.122 e. The van der Waals surface area contributed by atoms with Crippen LogP contribution in [-0.2, 0) is 6.42 Å². The van der Waals surface area contributed by atoms with E-state index in [9.17, 15) is 0 Å². The summed E-state index contributed by atoms with van der Waals surface area (Å²) in [7, 11) is 4.12. The summed E-state index contributed by atoms with van der Waals surface area (Å²) < 4.78 is 5.54. The predicted octanol–water partition coefficient (Wildman–Crippen LogP) is 2.08. The highest BCUT2D eigenvalue weighted by atomic mass is 16.5. The summed E-state index contributed by atoms with van der Waals surface area (Å²) in [6.07, 6.45) is 2.29. The molecule has 0 saturated carbocycles. The number of aryl methyl sites for hydroxylation is 1. The summed E-state index contributed by atoms with van der Waals surface area (Å²) in [4.78, 5) is 2.12. The standard InChI is InChI=1S/C11H15NO/c1-12(2)10-5-6-11-9(8-10)4-3-7-13-11/h5-6,8H,3-4,7H2,1-2H3. The molecule has 0 bridgehead atoms. The zero-order chi connectivity index (χ0) is 9.26. The van der Waals surface area contributed by atoms with Crippen LogP contribution in [0.5, 0.6) is 5.75 Å². The first-order valence-electron chi connectivity index (χ1n) is 4.70. The van der Waals surface area contributed by atoms with Gasteiger partial charge in [0.1, 0.15) is 5.75 Å². The second-order valence-corrected chi connectivity index (χ2v) is 3.64. The Labute approximate surface area is 79.1 Å². The quantitative estimate of drug-likeness (QED) is 0.651. The average molecular weight is 177 g/mol. The number of hydrogen-bond donors (Lipinski definition) is 0. The highest BCUT2D eigenvalue weighted by Crippen LogP contribution is 2.28. The van der Waals surface area contributed by atoms with Crippen LogP contribution in [0, 0.1) is 0 Å². The maximum absolute atomic E-state index is 5.54. The Balaban J connectivity index is 2.35. The normalized spacial score (nSPS) is 14.6. The minimum Gasteiger partial charge on any atom is -0.493 e. The number of nitrogens with zero attached hydrogens (tertiary/aromatic N) is 1. The maximum atomic E-state index is 5.54. The van der Waals surface area contributed by atoms with Crippen molar-refractivity contribution in [1.82, 2.24) is 0 Å². The van der Waals surface area contributed by atoms with E-state index in [0.717, 1.165) is 25.2 Å². The Bertz CT molecular complexity index is 307. The second kappa shape index (κ2) is 3.29. The van der Waals surface area contributed by atoms with Crippen LogP contribution in [0.25, 0.3) is 0 Å². The molecule has 1 aromatic carbocycles. The molecule has 0 fully saturated rings. The molecule has 2 rings (SSSR count). The molecular formula is C11H15NO. The monoisotopic (exact) mass is 177 g/mol. The number of benzene rings is 1. The van der Waals surface area contributed by atoms with Gasteiger partial charge in [-0.05, 0) is 36.6 Å². The minimum atomic E-state index is 0.869. The molecule has 0 aromatic heterocycles. The minimum absolute atomic E-state index is 0.869. The van der Waals surface area contributed by atoms with E-state index in [4.69, 9.17) is 4.74 Å². The number of fused-ring (bicyclic) bond motifs is 1. The predicted molar refractivity (Wildman–Crippen MR) is 54.6 cm³/mol. The SMILES string of the molecule is CN(C)c1ccc2c(c1)CCCO2. The number of ether oxygens (including phenoxy) is 1. The van der Waals surface area contributed by atoms with Gasteiger partial charge in [-0.25, -0.2) is 0 Å². The van der Waals surface area contributed by atoms with Crippen molar-refractivity contribution in [1.29, 1.82) is 0 Å². The van der Waals surface area contributed by atoms with Gasteiger partial charge in [0.25, 0.3) is 0 Å². The molecule has 0 unspecified atom stereocenters. The zero-order valence-electron chi connectivity index (χ0n) is 8.21. The Morgan fingerprint density at radius 3 is 2.92 bits per heavy atom. The Morgan fingerprint density at radius 1 is 1.31 bits per heavy atom. The van der Waals surface area contributed by atoms with Crippen molar-refractivity contribution >= 4 is 5.69 Å². The fraction of sp³-hybridized carbons (Fsp3) is 0.455. The summed E-state index contributed by atoms with van der Waals surface area (Å²) in [5, 5.41) is 0. The molecule has 1 aliphatic heterocycles. The first kappa shape index (κ1) is 8.42. The fourth-order valence-electron chi connectivity index (χ4n) is 1.62. The van der Waals surface area contributed by atoms with Gasteiger partial charge in [-0.15, -0.1) is 0 Å². The molecule has 2 heteroatoms. The molecule has 1 aliphatic rings. The van der Waals surface area contributed by atoms with Crippen molar-refractivity contribution < 1.29 is 4.74 Å². The van der Waals surface area contributed by atoms with Gasteiger partial charge in [0, 0.05) is 19.8 Å². The van der Waals surface area contributed by atoms with Crippen LogP contribution >= 0.6 is 0 Å². The second-order valence-electron chi connectivity index (χ2n) is 3.64. The summed E-state index contributed by atoms with van der Waals surface area (Å²) in [5.41, 5.74) is 2.60. The van der Waals surface area contributed by atoms with Gasteiger partial charge < -0.3 is 9.64 Å². The molecule has 13 heavy (non-hydrogen) atoms. The largest absolute Gasteiger partial charge is 0.493 e. The molecule has 2 nitrogen and oxygen atoms in total. The molecule has 0 spiro atoms. The van der Waals surface area contributed by atoms with Gasteiger partial charge >= 0.3 is 0 Å². The molecule has 0 amide bonds. The molecule has 1 aromatic rings. The van der Waals surface area contributed by atoms with Gasteiger partial charge in [0.05, 0.1) is 6.61 Å². The lowest BCUT2D eigenvalue weighted by Gasteiger charge is -2.20. The maximum Gasteiger partial charge on any atom is 0.122 e. The van der Waals surface area contributed by atoms with E-state index in [2.05, 4.69) is 37.2 Å². The molecule has 0 radical (unpaired) electrons. The lowest BCUT2D eigenvalue weighted by molar-refractivity contribution is 0.288. The third-order valence-corrected chi connectivity index (χ3v) is 2.41. The average Bonchev–Trinajstić information content (AvgIpc) is 2.17. The highest BCUT2D eigenvalue weighted by molar-refractivity contribution is 5.52. The molecule has 0 saturated heterocycles. The third-order valence-electron chi connectivity index (χ3n) is 2.41. The van der Waals surface area contributed by atoms with Crippen molar-refractivity contribution in [3.8, 4) is 5.75 Å². The van der Waals surface area contributed by atoms with Crippen LogP contribution < -0.4 is 9.64 Å².